The highest BCUT2D eigenvalue weighted by molar-refractivity contribution is 5.96. The van der Waals surface area contributed by atoms with Gasteiger partial charge in [-0.25, -0.2) is 0 Å². The molecule has 24 heavy (non-hydrogen) atoms. The normalized spacial score (nSPS) is 12.2. The molecule has 2 aromatic carbocycles. The van der Waals surface area contributed by atoms with Crippen molar-refractivity contribution in [2.75, 3.05) is 32.5 Å². The molecule has 0 aliphatic heterocycles. The van der Waals surface area contributed by atoms with Crippen molar-refractivity contribution in [3.05, 3.63) is 65.2 Å². The van der Waals surface area contributed by atoms with E-state index < -0.39 is 0 Å². The summed E-state index contributed by atoms with van der Waals surface area (Å²) in [6.45, 7) is 5.65. The lowest BCUT2D eigenvalue weighted by Crippen LogP contribution is -2.36. The Morgan fingerprint density at radius 2 is 1.79 bits per heavy atom. The molecule has 0 bridgehead atoms. The third kappa shape index (κ3) is 5.18. The average Bonchev–Trinajstić information content (AvgIpc) is 2.55. The minimum Gasteiger partial charge on any atom is -0.324 e. The van der Waals surface area contributed by atoms with E-state index >= 15 is 0 Å². The lowest BCUT2D eigenvalue weighted by Gasteiger charge is -2.21. The molecule has 0 spiro atoms. The van der Waals surface area contributed by atoms with Gasteiger partial charge in [0.2, 0.25) is 5.91 Å². The summed E-state index contributed by atoms with van der Waals surface area (Å²) in [4.78, 5) is 15.0. The third-order valence-corrected chi connectivity index (χ3v) is 3.95. The van der Waals surface area contributed by atoms with Crippen LogP contribution in [-0.4, -0.2) is 38.0 Å². The Balaban J connectivity index is 2.16. The van der Waals surface area contributed by atoms with Crippen molar-refractivity contribution >= 4 is 11.6 Å². The molecule has 1 amide bonds. The van der Waals surface area contributed by atoms with Gasteiger partial charge in [-0.2, -0.15) is 0 Å². The zero-order valence-electron chi connectivity index (χ0n) is 15.0. The van der Waals surface area contributed by atoms with E-state index in [4.69, 9.17) is 0 Å². The smallest absolute Gasteiger partial charge is 0.246 e. The number of aryl methyl sites for hydroxylation is 2. The number of carbonyl (C=O) groups is 1. The molecule has 0 aliphatic carbocycles. The molecule has 0 heterocycles. The van der Waals surface area contributed by atoms with Gasteiger partial charge in [0.1, 0.15) is 6.04 Å². The second-order valence-electron chi connectivity index (χ2n) is 6.41. The van der Waals surface area contributed by atoms with Gasteiger partial charge in [0.25, 0.3) is 0 Å². The molecule has 0 aromatic heterocycles. The highest BCUT2D eigenvalue weighted by atomic mass is 16.2. The van der Waals surface area contributed by atoms with Crippen LogP contribution in [0.25, 0.3) is 0 Å². The number of nitrogens with one attached hydrogen (secondary N) is 2. The van der Waals surface area contributed by atoms with Crippen LogP contribution >= 0.6 is 0 Å². The van der Waals surface area contributed by atoms with Gasteiger partial charge >= 0.3 is 0 Å². The summed E-state index contributed by atoms with van der Waals surface area (Å²) >= 11 is 0. The monoisotopic (exact) mass is 325 g/mol. The first-order valence-electron chi connectivity index (χ1n) is 8.28. The number of anilines is 1. The first kappa shape index (κ1) is 18.2. The molecule has 0 aliphatic rings. The third-order valence-electron chi connectivity index (χ3n) is 3.95. The fraction of sp³-hybridized carbons (Fsp3) is 0.350. The van der Waals surface area contributed by atoms with Gasteiger partial charge < -0.3 is 15.5 Å². The highest BCUT2D eigenvalue weighted by Crippen LogP contribution is 2.20. The molecule has 1 atom stereocenters. The largest absolute Gasteiger partial charge is 0.324 e. The van der Waals surface area contributed by atoms with Gasteiger partial charge in [0, 0.05) is 18.8 Å². The average molecular weight is 325 g/mol. The maximum atomic E-state index is 12.9. The van der Waals surface area contributed by atoms with Crippen molar-refractivity contribution in [1.29, 1.82) is 0 Å². The van der Waals surface area contributed by atoms with Gasteiger partial charge in [-0.05, 0) is 50.7 Å². The number of amides is 1. The topological polar surface area (TPSA) is 44.4 Å². The van der Waals surface area contributed by atoms with E-state index in [1.807, 2.05) is 70.4 Å². The summed E-state index contributed by atoms with van der Waals surface area (Å²) < 4.78 is 0. The fourth-order valence-corrected chi connectivity index (χ4v) is 2.52. The van der Waals surface area contributed by atoms with Crippen LogP contribution in [0.2, 0.25) is 0 Å². The number of hydrogen-bond acceptors (Lipinski definition) is 3. The van der Waals surface area contributed by atoms with Crippen LogP contribution < -0.4 is 10.6 Å². The van der Waals surface area contributed by atoms with Crippen molar-refractivity contribution in [1.82, 2.24) is 10.2 Å². The van der Waals surface area contributed by atoms with Gasteiger partial charge in [-0.1, -0.05) is 42.5 Å². The molecule has 1 unspecified atom stereocenters. The summed E-state index contributed by atoms with van der Waals surface area (Å²) in [5.41, 5.74) is 4.04. The Kier molecular flexibility index (Phi) is 6.53. The summed E-state index contributed by atoms with van der Waals surface area (Å²) in [7, 11) is 4.05. The molecule has 128 valence electrons. The second-order valence-corrected chi connectivity index (χ2v) is 6.41. The molecule has 2 N–H and O–H groups in total. The number of nitrogens with zero attached hydrogens (tertiary/aromatic N) is 1. The SMILES string of the molecule is Cc1ccc(C)c(NC(=O)C(NCCN(C)C)c2ccccc2)c1. The van der Waals surface area contributed by atoms with Crippen molar-refractivity contribution in [3.63, 3.8) is 0 Å². The van der Waals surface area contributed by atoms with Crippen LogP contribution in [0.3, 0.4) is 0 Å². The van der Waals surface area contributed by atoms with Gasteiger partial charge in [0.05, 0.1) is 0 Å². The van der Waals surface area contributed by atoms with E-state index in [1.165, 1.54) is 0 Å². The van der Waals surface area contributed by atoms with Crippen LogP contribution in [0.15, 0.2) is 48.5 Å². The Hall–Kier alpha value is -2.17. The summed E-state index contributed by atoms with van der Waals surface area (Å²) in [5.74, 6) is -0.0337. The van der Waals surface area contributed by atoms with E-state index in [0.717, 1.165) is 35.5 Å². The summed E-state index contributed by atoms with van der Waals surface area (Å²) in [6.07, 6.45) is 0. The maximum Gasteiger partial charge on any atom is 0.246 e. The van der Waals surface area contributed by atoms with Crippen molar-refractivity contribution in [3.8, 4) is 0 Å². The molecule has 2 aromatic rings. The van der Waals surface area contributed by atoms with Crippen LogP contribution in [-0.2, 0) is 4.79 Å². The van der Waals surface area contributed by atoms with Crippen molar-refractivity contribution < 1.29 is 4.79 Å². The Labute approximate surface area is 144 Å². The molecule has 4 heteroatoms. The zero-order valence-corrected chi connectivity index (χ0v) is 15.0. The lowest BCUT2D eigenvalue weighted by atomic mass is 10.1. The quantitative estimate of drug-likeness (QED) is 0.822. The number of likely N-dealkylation sites (N-methyl/N-ethyl adjacent to an activating group) is 1. The Morgan fingerprint density at radius 1 is 1.08 bits per heavy atom. The minimum absolute atomic E-state index is 0.0337. The zero-order chi connectivity index (χ0) is 17.5. The lowest BCUT2D eigenvalue weighted by molar-refractivity contribution is -0.118. The van der Waals surface area contributed by atoms with E-state index in [2.05, 4.69) is 21.6 Å². The number of hydrogen-bond donors (Lipinski definition) is 2. The van der Waals surface area contributed by atoms with E-state index in [0.29, 0.717) is 0 Å². The van der Waals surface area contributed by atoms with Crippen molar-refractivity contribution in [2.24, 2.45) is 0 Å². The Bertz CT molecular complexity index is 668. The van der Waals surface area contributed by atoms with Crippen LogP contribution in [0, 0.1) is 13.8 Å². The first-order chi connectivity index (χ1) is 11.5. The molecule has 0 saturated carbocycles. The van der Waals surface area contributed by atoms with Gasteiger partial charge in [-0.15, -0.1) is 0 Å². The standard InChI is InChI=1S/C20H27N3O/c1-15-10-11-16(2)18(14-15)22-20(24)19(21-12-13-23(3)4)17-8-6-5-7-9-17/h5-11,14,19,21H,12-13H2,1-4H3,(H,22,24). The van der Waals surface area contributed by atoms with Crippen molar-refractivity contribution in [2.45, 2.75) is 19.9 Å². The highest BCUT2D eigenvalue weighted by Gasteiger charge is 2.20. The molecular weight excluding hydrogens is 298 g/mol. The predicted molar refractivity (Wildman–Crippen MR) is 100 cm³/mol. The van der Waals surface area contributed by atoms with E-state index in [1.54, 1.807) is 0 Å². The van der Waals surface area contributed by atoms with E-state index in [-0.39, 0.29) is 11.9 Å². The molecule has 2 rings (SSSR count). The number of benzene rings is 2. The molecule has 4 nitrogen and oxygen atoms in total. The second kappa shape index (κ2) is 8.62. The minimum atomic E-state index is -0.369. The fourth-order valence-electron chi connectivity index (χ4n) is 2.52. The van der Waals surface area contributed by atoms with Gasteiger partial charge in [0.15, 0.2) is 0 Å². The molecule has 0 saturated heterocycles. The molecule has 0 radical (unpaired) electrons. The molecule has 0 fully saturated rings. The number of carbonyl (C=O) groups excluding carboxylic acids is 1. The predicted octanol–water partition coefficient (Wildman–Crippen LogP) is 3.13. The van der Waals surface area contributed by atoms with Gasteiger partial charge in [-0.3, -0.25) is 4.79 Å². The first-order valence-corrected chi connectivity index (χ1v) is 8.28. The van der Waals surface area contributed by atoms with Crippen LogP contribution in [0.5, 0.6) is 0 Å². The van der Waals surface area contributed by atoms with Crippen LogP contribution in [0.4, 0.5) is 5.69 Å². The summed E-state index contributed by atoms with van der Waals surface area (Å²) in [6, 6.07) is 15.6. The maximum absolute atomic E-state index is 12.9. The van der Waals surface area contributed by atoms with Crippen LogP contribution in [0.1, 0.15) is 22.7 Å². The van der Waals surface area contributed by atoms with E-state index in [9.17, 15) is 4.79 Å². The Morgan fingerprint density at radius 3 is 2.46 bits per heavy atom. The molecular formula is C20H27N3O. The summed E-state index contributed by atoms with van der Waals surface area (Å²) in [5, 5.41) is 6.44. The number of rotatable bonds is 7.